The highest BCUT2D eigenvalue weighted by molar-refractivity contribution is 6.51. The van der Waals surface area contributed by atoms with Crippen LogP contribution in [0.4, 0.5) is 5.69 Å². The lowest BCUT2D eigenvalue weighted by Crippen LogP contribution is -2.29. The van der Waals surface area contributed by atoms with Crippen molar-refractivity contribution in [3.05, 3.63) is 89.0 Å². The fraction of sp³-hybridized carbons (Fsp3) is 0.207. The predicted octanol–water partition coefficient (Wildman–Crippen LogP) is 4.36. The van der Waals surface area contributed by atoms with Crippen LogP contribution >= 0.6 is 0 Å². The van der Waals surface area contributed by atoms with Crippen molar-refractivity contribution in [2.24, 2.45) is 0 Å². The van der Waals surface area contributed by atoms with Gasteiger partial charge in [0, 0.05) is 11.3 Å². The van der Waals surface area contributed by atoms with Crippen LogP contribution in [-0.2, 0) is 14.3 Å². The summed E-state index contributed by atoms with van der Waals surface area (Å²) >= 11 is 0. The molecule has 1 unspecified atom stereocenters. The molecule has 1 fully saturated rings. The number of aliphatic hydroxyl groups is 1. The molecule has 0 aromatic heterocycles. The highest BCUT2D eigenvalue weighted by Crippen LogP contribution is 2.43. The van der Waals surface area contributed by atoms with E-state index in [1.165, 1.54) is 29.2 Å². The quantitative estimate of drug-likeness (QED) is 0.215. The largest absolute Gasteiger partial charge is 0.508 e. The summed E-state index contributed by atoms with van der Waals surface area (Å²) < 4.78 is 16.3. The minimum Gasteiger partial charge on any atom is -0.508 e. The van der Waals surface area contributed by atoms with Gasteiger partial charge in [-0.25, -0.2) is 4.79 Å². The first kappa shape index (κ1) is 24.9. The van der Waals surface area contributed by atoms with Gasteiger partial charge in [-0.3, -0.25) is 14.5 Å². The number of nitrogens with zero attached hydrogens (tertiary/aromatic N) is 1. The first-order valence-corrected chi connectivity index (χ1v) is 12.2. The summed E-state index contributed by atoms with van der Waals surface area (Å²) in [4.78, 5) is 40.2. The van der Waals surface area contributed by atoms with E-state index in [1.54, 1.807) is 42.5 Å². The molecule has 5 rings (SSSR count). The smallest absolute Gasteiger partial charge is 0.338 e. The Morgan fingerprint density at radius 3 is 2.29 bits per heavy atom. The van der Waals surface area contributed by atoms with E-state index < -0.39 is 23.7 Å². The van der Waals surface area contributed by atoms with Crippen LogP contribution in [-0.4, -0.2) is 47.7 Å². The molecule has 1 atom stereocenters. The number of aromatic hydroxyl groups is 1. The van der Waals surface area contributed by atoms with Gasteiger partial charge in [0.25, 0.3) is 11.7 Å². The lowest BCUT2D eigenvalue weighted by Gasteiger charge is -2.26. The number of rotatable bonds is 6. The third-order valence-corrected chi connectivity index (χ3v) is 6.29. The van der Waals surface area contributed by atoms with Crippen molar-refractivity contribution in [1.82, 2.24) is 0 Å². The summed E-state index contributed by atoms with van der Waals surface area (Å²) in [6.45, 7) is 2.92. The zero-order chi connectivity index (χ0) is 26.8. The molecular formula is C29H25NO8. The summed E-state index contributed by atoms with van der Waals surface area (Å²) in [5, 5.41) is 21.2. The minimum absolute atomic E-state index is 0.00693. The first-order valence-electron chi connectivity index (χ1n) is 12.2. The number of ketones is 1. The highest BCUT2D eigenvalue weighted by atomic mass is 16.6. The number of benzene rings is 3. The molecule has 0 bridgehead atoms. The molecule has 3 aromatic carbocycles. The van der Waals surface area contributed by atoms with Gasteiger partial charge in [0.2, 0.25) is 0 Å². The fourth-order valence-electron chi connectivity index (χ4n) is 4.45. The van der Waals surface area contributed by atoms with Crippen LogP contribution in [0.15, 0.2) is 72.3 Å². The summed E-state index contributed by atoms with van der Waals surface area (Å²) in [5.41, 5.74) is 1.30. The standard InChI is InChI=1S/C29H25NO8/c1-2-13-38-29(35)18-3-8-20(9-4-18)30-25(17-5-10-21(31)11-6-17)24(27(33)28(30)34)26(32)19-7-12-22-23(16-19)37-15-14-36-22/h3-12,16,25,31-32H,2,13-15H2,1H3/b26-24-. The van der Waals surface area contributed by atoms with Gasteiger partial charge >= 0.3 is 5.97 Å². The molecule has 2 aliphatic rings. The number of carbonyl (C=O) groups excluding carboxylic acids is 3. The zero-order valence-corrected chi connectivity index (χ0v) is 20.5. The maximum atomic E-state index is 13.3. The molecule has 194 valence electrons. The van der Waals surface area contributed by atoms with E-state index in [-0.39, 0.29) is 29.3 Å². The van der Waals surface area contributed by atoms with Crippen LogP contribution in [0.2, 0.25) is 0 Å². The summed E-state index contributed by atoms with van der Waals surface area (Å²) in [6, 6.07) is 15.9. The van der Waals surface area contributed by atoms with Crippen molar-refractivity contribution < 1.29 is 38.8 Å². The Balaban J connectivity index is 1.59. The van der Waals surface area contributed by atoms with Gasteiger partial charge in [-0.1, -0.05) is 19.1 Å². The third kappa shape index (κ3) is 4.54. The van der Waals surface area contributed by atoms with Gasteiger partial charge in [-0.05, 0) is 66.6 Å². The van der Waals surface area contributed by atoms with Crippen molar-refractivity contribution in [1.29, 1.82) is 0 Å². The number of Topliss-reactive ketones (excluding diaryl/α,β-unsaturated/α-hetero) is 1. The second kappa shape index (κ2) is 10.3. The zero-order valence-electron chi connectivity index (χ0n) is 20.5. The molecule has 1 saturated heterocycles. The number of esters is 1. The fourth-order valence-corrected chi connectivity index (χ4v) is 4.45. The molecular weight excluding hydrogens is 490 g/mol. The van der Waals surface area contributed by atoms with Crippen LogP contribution in [0.1, 0.15) is 40.9 Å². The SMILES string of the molecule is CCCOC(=O)c1ccc(N2C(=O)C(=O)/C(=C(\O)c3ccc4c(c3)OCCO4)C2c2ccc(O)cc2)cc1. The summed E-state index contributed by atoms with van der Waals surface area (Å²) in [5.74, 6) is -1.64. The van der Waals surface area contributed by atoms with Crippen LogP contribution in [0.3, 0.4) is 0 Å². The van der Waals surface area contributed by atoms with Crippen molar-refractivity contribution in [2.75, 3.05) is 24.7 Å². The molecule has 9 heteroatoms. The van der Waals surface area contributed by atoms with Gasteiger partial charge in [0.1, 0.15) is 24.7 Å². The predicted molar refractivity (Wildman–Crippen MR) is 137 cm³/mol. The minimum atomic E-state index is -0.998. The van der Waals surface area contributed by atoms with E-state index in [0.717, 1.165) is 0 Å². The van der Waals surface area contributed by atoms with Gasteiger partial charge in [0.05, 0.1) is 23.8 Å². The van der Waals surface area contributed by atoms with Crippen molar-refractivity contribution >= 4 is 29.1 Å². The third-order valence-electron chi connectivity index (χ3n) is 6.29. The molecule has 0 spiro atoms. The second-order valence-electron chi connectivity index (χ2n) is 8.80. The second-order valence-corrected chi connectivity index (χ2v) is 8.80. The van der Waals surface area contributed by atoms with Gasteiger partial charge in [-0.15, -0.1) is 0 Å². The van der Waals surface area contributed by atoms with E-state index in [4.69, 9.17) is 14.2 Å². The molecule has 0 aliphatic carbocycles. The Hall–Kier alpha value is -4.79. The molecule has 38 heavy (non-hydrogen) atoms. The van der Waals surface area contributed by atoms with Gasteiger partial charge < -0.3 is 24.4 Å². The lowest BCUT2D eigenvalue weighted by molar-refractivity contribution is -0.132. The number of aliphatic hydroxyl groups excluding tert-OH is 1. The van der Waals surface area contributed by atoms with Crippen molar-refractivity contribution in [2.45, 2.75) is 19.4 Å². The Labute approximate surface area is 218 Å². The van der Waals surface area contributed by atoms with E-state index >= 15 is 0 Å². The van der Waals surface area contributed by atoms with E-state index in [9.17, 15) is 24.6 Å². The monoisotopic (exact) mass is 515 g/mol. The number of hydrogen-bond donors (Lipinski definition) is 2. The number of phenolic OH excluding ortho intramolecular Hbond substituents is 1. The van der Waals surface area contributed by atoms with Gasteiger partial charge in [-0.2, -0.15) is 0 Å². The number of phenols is 1. The number of anilines is 1. The molecule has 0 radical (unpaired) electrons. The number of amides is 1. The first-order chi connectivity index (χ1) is 18.4. The number of ether oxygens (including phenoxy) is 3. The Bertz CT molecular complexity index is 1430. The number of hydrogen-bond acceptors (Lipinski definition) is 8. The Morgan fingerprint density at radius 1 is 0.947 bits per heavy atom. The summed E-state index contributed by atoms with van der Waals surface area (Å²) in [7, 11) is 0. The normalized spacial score (nSPS) is 17.9. The highest BCUT2D eigenvalue weighted by Gasteiger charge is 2.47. The van der Waals surface area contributed by atoms with Crippen LogP contribution < -0.4 is 14.4 Å². The van der Waals surface area contributed by atoms with E-state index in [1.807, 2.05) is 6.92 Å². The maximum absolute atomic E-state index is 13.3. The average molecular weight is 516 g/mol. The Morgan fingerprint density at radius 2 is 1.61 bits per heavy atom. The lowest BCUT2D eigenvalue weighted by atomic mass is 9.95. The molecule has 2 N–H and O–H groups in total. The molecule has 2 heterocycles. The Kier molecular flexibility index (Phi) is 6.74. The van der Waals surface area contributed by atoms with Crippen LogP contribution in [0.25, 0.3) is 5.76 Å². The maximum Gasteiger partial charge on any atom is 0.338 e. The molecule has 0 saturated carbocycles. The van der Waals surface area contributed by atoms with Crippen molar-refractivity contribution in [3.63, 3.8) is 0 Å². The molecule has 1 amide bonds. The van der Waals surface area contributed by atoms with Gasteiger partial charge in [0.15, 0.2) is 11.5 Å². The topological polar surface area (TPSA) is 123 Å². The summed E-state index contributed by atoms with van der Waals surface area (Å²) in [6.07, 6.45) is 0.685. The molecule has 9 nitrogen and oxygen atoms in total. The van der Waals surface area contributed by atoms with Crippen LogP contribution in [0.5, 0.6) is 17.2 Å². The molecule has 3 aromatic rings. The van der Waals surface area contributed by atoms with E-state index in [0.29, 0.717) is 47.9 Å². The number of fused-ring (bicyclic) bond motifs is 1. The van der Waals surface area contributed by atoms with Crippen molar-refractivity contribution in [3.8, 4) is 17.2 Å². The number of carbonyl (C=O) groups is 3. The van der Waals surface area contributed by atoms with Crippen LogP contribution in [0, 0.1) is 0 Å². The molecule has 2 aliphatic heterocycles. The average Bonchev–Trinajstić information content (AvgIpc) is 3.21. The van der Waals surface area contributed by atoms with E-state index in [2.05, 4.69) is 0 Å².